The monoisotopic (exact) mass is 224 g/mol. The molecular formula is C12H20N2O2. The van der Waals surface area contributed by atoms with Gasteiger partial charge in [0.15, 0.2) is 0 Å². The summed E-state index contributed by atoms with van der Waals surface area (Å²) in [6.45, 7) is 3.87. The Morgan fingerprint density at radius 3 is 3.25 bits per heavy atom. The Balaban J connectivity index is 1.72. The highest BCUT2D eigenvalue weighted by Gasteiger charge is 2.21. The molecule has 0 bridgehead atoms. The molecule has 1 N–H and O–H groups in total. The molecule has 90 valence electrons. The highest BCUT2D eigenvalue weighted by molar-refractivity contribution is 4.95. The standard InChI is InChI=1S/C12H20N2O2/c1-2-3-12-8-10(4-6-15-12)13-9-11-5-7-16-14-11/h5,7,10,12-13H,2-4,6,8-9H2,1H3. The third-order valence-corrected chi connectivity index (χ3v) is 3.04. The van der Waals surface area contributed by atoms with Crippen molar-refractivity contribution in [3.63, 3.8) is 0 Å². The fourth-order valence-electron chi connectivity index (χ4n) is 2.17. The molecule has 1 aliphatic rings. The topological polar surface area (TPSA) is 47.3 Å². The van der Waals surface area contributed by atoms with Gasteiger partial charge in [0.1, 0.15) is 6.26 Å². The highest BCUT2D eigenvalue weighted by atomic mass is 16.5. The van der Waals surface area contributed by atoms with Crippen molar-refractivity contribution in [3.8, 4) is 0 Å². The van der Waals surface area contributed by atoms with Crippen LogP contribution in [-0.4, -0.2) is 23.9 Å². The lowest BCUT2D eigenvalue weighted by Gasteiger charge is -2.29. The predicted molar refractivity (Wildman–Crippen MR) is 61.0 cm³/mol. The maximum absolute atomic E-state index is 5.71. The van der Waals surface area contributed by atoms with Crippen molar-refractivity contribution in [2.24, 2.45) is 0 Å². The smallest absolute Gasteiger partial charge is 0.124 e. The van der Waals surface area contributed by atoms with Crippen LogP contribution in [0.25, 0.3) is 0 Å². The van der Waals surface area contributed by atoms with E-state index in [1.165, 1.54) is 12.8 Å². The Kier molecular flexibility index (Phi) is 4.36. The van der Waals surface area contributed by atoms with Crippen molar-refractivity contribution in [2.75, 3.05) is 6.61 Å². The summed E-state index contributed by atoms with van der Waals surface area (Å²) in [5, 5.41) is 7.40. The fraction of sp³-hybridized carbons (Fsp3) is 0.750. The Morgan fingerprint density at radius 1 is 1.56 bits per heavy atom. The molecule has 0 aromatic carbocycles. The minimum atomic E-state index is 0.438. The second-order valence-electron chi connectivity index (χ2n) is 4.37. The molecule has 1 saturated heterocycles. The van der Waals surface area contributed by atoms with E-state index in [1.54, 1.807) is 6.26 Å². The van der Waals surface area contributed by atoms with Crippen molar-refractivity contribution in [1.82, 2.24) is 10.5 Å². The van der Waals surface area contributed by atoms with Gasteiger partial charge in [0.2, 0.25) is 0 Å². The minimum absolute atomic E-state index is 0.438. The molecular weight excluding hydrogens is 204 g/mol. The van der Waals surface area contributed by atoms with E-state index in [9.17, 15) is 0 Å². The summed E-state index contributed by atoms with van der Waals surface area (Å²) in [4.78, 5) is 0. The lowest BCUT2D eigenvalue weighted by molar-refractivity contribution is -0.00350. The normalized spacial score (nSPS) is 25.8. The first-order valence-corrected chi connectivity index (χ1v) is 6.12. The van der Waals surface area contributed by atoms with E-state index < -0.39 is 0 Å². The van der Waals surface area contributed by atoms with Crippen molar-refractivity contribution >= 4 is 0 Å². The van der Waals surface area contributed by atoms with Gasteiger partial charge in [0, 0.05) is 25.3 Å². The van der Waals surface area contributed by atoms with Crippen LogP contribution in [0.5, 0.6) is 0 Å². The van der Waals surface area contributed by atoms with Crippen LogP contribution in [0, 0.1) is 0 Å². The van der Waals surface area contributed by atoms with E-state index in [-0.39, 0.29) is 0 Å². The number of nitrogens with zero attached hydrogens (tertiary/aromatic N) is 1. The van der Waals surface area contributed by atoms with Crippen LogP contribution in [0.1, 0.15) is 38.3 Å². The molecule has 0 aliphatic carbocycles. The molecule has 1 fully saturated rings. The van der Waals surface area contributed by atoms with Gasteiger partial charge >= 0.3 is 0 Å². The fourth-order valence-corrected chi connectivity index (χ4v) is 2.17. The van der Waals surface area contributed by atoms with Crippen molar-refractivity contribution in [1.29, 1.82) is 0 Å². The van der Waals surface area contributed by atoms with E-state index in [0.29, 0.717) is 12.1 Å². The van der Waals surface area contributed by atoms with Gasteiger partial charge in [-0.25, -0.2) is 0 Å². The van der Waals surface area contributed by atoms with Crippen LogP contribution in [0.15, 0.2) is 16.9 Å². The molecule has 2 atom stereocenters. The number of hydrogen-bond donors (Lipinski definition) is 1. The van der Waals surface area contributed by atoms with Gasteiger partial charge in [-0.15, -0.1) is 0 Å². The molecule has 2 rings (SSSR count). The zero-order valence-electron chi connectivity index (χ0n) is 9.82. The molecule has 1 aromatic rings. The molecule has 1 aliphatic heterocycles. The lowest BCUT2D eigenvalue weighted by atomic mass is 10.00. The molecule has 16 heavy (non-hydrogen) atoms. The summed E-state index contributed by atoms with van der Waals surface area (Å²) < 4.78 is 10.5. The summed E-state index contributed by atoms with van der Waals surface area (Å²) in [6.07, 6.45) is 6.63. The van der Waals surface area contributed by atoms with Crippen molar-refractivity contribution in [2.45, 2.75) is 51.3 Å². The summed E-state index contributed by atoms with van der Waals surface area (Å²) in [7, 11) is 0. The SMILES string of the molecule is CCCC1CC(NCc2ccon2)CCO1. The molecule has 0 spiro atoms. The molecule has 1 aromatic heterocycles. The van der Waals surface area contributed by atoms with Crippen LogP contribution in [0.4, 0.5) is 0 Å². The maximum atomic E-state index is 5.71. The Bertz CT molecular complexity index is 285. The summed E-state index contributed by atoms with van der Waals surface area (Å²) in [6, 6.07) is 2.46. The number of nitrogens with one attached hydrogen (secondary N) is 1. The lowest BCUT2D eigenvalue weighted by Crippen LogP contribution is -2.38. The summed E-state index contributed by atoms with van der Waals surface area (Å²) >= 11 is 0. The third-order valence-electron chi connectivity index (χ3n) is 3.04. The van der Waals surface area contributed by atoms with Crippen LogP contribution in [0.2, 0.25) is 0 Å². The number of aromatic nitrogens is 1. The summed E-state index contributed by atoms with van der Waals surface area (Å²) in [5.74, 6) is 0. The molecule has 0 saturated carbocycles. The largest absolute Gasteiger partial charge is 0.378 e. The van der Waals surface area contributed by atoms with Crippen molar-refractivity contribution < 1.29 is 9.26 Å². The van der Waals surface area contributed by atoms with Crippen molar-refractivity contribution in [3.05, 3.63) is 18.0 Å². The number of hydrogen-bond acceptors (Lipinski definition) is 4. The van der Waals surface area contributed by atoms with E-state index >= 15 is 0 Å². The quantitative estimate of drug-likeness (QED) is 0.832. The number of rotatable bonds is 5. The molecule has 2 unspecified atom stereocenters. The third kappa shape index (κ3) is 3.32. The minimum Gasteiger partial charge on any atom is -0.378 e. The zero-order chi connectivity index (χ0) is 11.2. The van der Waals surface area contributed by atoms with E-state index in [0.717, 1.165) is 31.7 Å². The summed E-state index contributed by atoms with van der Waals surface area (Å²) in [5.41, 5.74) is 0.971. The highest BCUT2D eigenvalue weighted by Crippen LogP contribution is 2.18. The maximum Gasteiger partial charge on any atom is 0.124 e. The molecule has 0 amide bonds. The van der Waals surface area contributed by atoms with Gasteiger partial charge in [-0.2, -0.15) is 0 Å². The molecule has 0 radical (unpaired) electrons. The van der Waals surface area contributed by atoms with Gasteiger partial charge in [-0.1, -0.05) is 18.5 Å². The van der Waals surface area contributed by atoms with Gasteiger partial charge in [0.05, 0.1) is 11.8 Å². The van der Waals surface area contributed by atoms with E-state index in [2.05, 4.69) is 17.4 Å². The van der Waals surface area contributed by atoms with Gasteiger partial charge < -0.3 is 14.6 Å². The van der Waals surface area contributed by atoms with E-state index in [4.69, 9.17) is 9.26 Å². The first-order chi connectivity index (χ1) is 7.88. The predicted octanol–water partition coefficient (Wildman–Crippen LogP) is 2.11. The first-order valence-electron chi connectivity index (χ1n) is 6.12. The van der Waals surface area contributed by atoms with Gasteiger partial charge in [0.25, 0.3) is 0 Å². The second kappa shape index (κ2) is 6.01. The molecule has 4 heteroatoms. The van der Waals surface area contributed by atoms with Gasteiger partial charge in [-0.3, -0.25) is 0 Å². The first kappa shape index (κ1) is 11.6. The molecule has 2 heterocycles. The second-order valence-corrected chi connectivity index (χ2v) is 4.37. The van der Waals surface area contributed by atoms with Crippen LogP contribution in [0.3, 0.4) is 0 Å². The Labute approximate surface area is 96.3 Å². The van der Waals surface area contributed by atoms with E-state index in [1.807, 2.05) is 6.07 Å². The zero-order valence-corrected chi connectivity index (χ0v) is 9.82. The molecule has 4 nitrogen and oxygen atoms in total. The Morgan fingerprint density at radius 2 is 2.50 bits per heavy atom. The van der Waals surface area contributed by atoms with Crippen LogP contribution < -0.4 is 5.32 Å². The van der Waals surface area contributed by atoms with Crippen LogP contribution in [-0.2, 0) is 11.3 Å². The Hall–Kier alpha value is -0.870. The van der Waals surface area contributed by atoms with Gasteiger partial charge in [-0.05, 0) is 19.3 Å². The average Bonchev–Trinajstić information content (AvgIpc) is 2.80. The number of ether oxygens (including phenoxy) is 1. The van der Waals surface area contributed by atoms with Crippen LogP contribution >= 0.6 is 0 Å². The average molecular weight is 224 g/mol.